The van der Waals surface area contributed by atoms with Crippen molar-refractivity contribution in [1.82, 2.24) is 14.1 Å². The number of piperidine rings is 1. The Morgan fingerprint density at radius 2 is 1.75 bits per heavy atom. The molecule has 0 amide bonds. The topological polar surface area (TPSA) is 64.4 Å². The molecule has 0 unspecified atom stereocenters. The lowest BCUT2D eigenvalue weighted by Crippen LogP contribution is -2.42. The minimum atomic E-state index is -4.81. The van der Waals surface area contributed by atoms with E-state index in [4.69, 9.17) is 4.74 Å². The van der Waals surface area contributed by atoms with Crippen LogP contribution in [0.3, 0.4) is 0 Å². The van der Waals surface area contributed by atoms with Crippen molar-refractivity contribution in [1.29, 1.82) is 0 Å². The number of nitrogens with zero attached hydrogens (tertiary/aromatic N) is 3. The largest absolute Gasteiger partial charge is 0.436 e. The third-order valence-corrected chi connectivity index (χ3v) is 6.42. The summed E-state index contributed by atoms with van der Waals surface area (Å²) in [6.07, 6.45) is 0.552. The number of ether oxygens (including phenoxy) is 1. The van der Waals surface area contributed by atoms with Crippen LogP contribution in [0.1, 0.15) is 37.8 Å². The SMILES string of the molecule is Cn1cc(S(=O)(=O)N2CCC(OC3CCC3)CC2)c(C(F)(F)F)n1. The Morgan fingerprint density at radius 1 is 1.17 bits per heavy atom. The van der Waals surface area contributed by atoms with Gasteiger partial charge in [-0.3, -0.25) is 4.68 Å². The van der Waals surface area contributed by atoms with Gasteiger partial charge in [0, 0.05) is 26.3 Å². The monoisotopic (exact) mass is 367 g/mol. The van der Waals surface area contributed by atoms with Crippen LogP contribution in [0, 0.1) is 0 Å². The number of sulfonamides is 1. The first kappa shape index (κ1) is 17.7. The lowest BCUT2D eigenvalue weighted by atomic mass is 9.95. The second kappa shape index (κ2) is 6.30. The van der Waals surface area contributed by atoms with E-state index in [0.29, 0.717) is 12.8 Å². The van der Waals surface area contributed by atoms with Crippen LogP contribution in [-0.2, 0) is 28.0 Å². The van der Waals surface area contributed by atoms with E-state index in [1.54, 1.807) is 0 Å². The number of alkyl halides is 3. The zero-order valence-electron chi connectivity index (χ0n) is 13.3. The molecule has 136 valence electrons. The third-order valence-electron chi connectivity index (χ3n) is 4.52. The Kier molecular flexibility index (Phi) is 4.65. The first-order chi connectivity index (χ1) is 11.2. The van der Waals surface area contributed by atoms with Gasteiger partial charge in [0.1, 0.15) is 4.90 Å². The number of aryl methyl sites for hydroxylation is 1. The fourth-order valence-electron chi connectivity index (χ4n) is 2.98. The number of hydrogen-bond donors (Lipinski definition) is 0. The molecule has 1 saturated carbocycles. The number of rotatable bonds is 4. The Hall–Kier alpha value is -1.13. The first-order valence-electron chi connectivity index (χ1n) is 7.94. The van der Waals surface area contributed by atoms with Gasteiger partial charge >= 0.3 is 6.18 Å². The maximum absolute atomic E-state index is 13.0. The Balaban J connectivity index is 1.72. The molecule has 1 aromatic heterocycles. The molecule has 0 atom stereocenters. The van der Waals surface area contributed by atoms with Crippen LogP contribution >= 0.6 is 0 Å². The van der Waals surface area contributed by atoms with Crippen LogP contribution in [-0.4, -0.2) is 47.8 Å². The first-order valence-corrected chi connectivity index (χ1v) is 9.38. The summed E-state index contributed by atoms with van der Waals surface area (Å²) in [6, 6.07) is 0. The molecule has 2 aliphatic rings. The van der Waals surface area contributed by atoms with Gasteiger partial charge < -0.3 is 4.74 Å². The van der Waals surface area contributed by atoms with Crippen LogP contribution in [0.2, 0.25) is 0 Å². The zero-order valence-corrected chi connectivity index (χ0v) is 14.1. The van der Waals surface area contributed by atoms with E-state index in [1.165, 1.54) is 7.05 Å². The molecular formula is C14H20F3N3O3S. The van der Waals surface area contributed by atoms with Crippen LogP contribution in [0.5, 0.6) is 0 Å². The molecule has 1 aliphatic heterocycles. The molecule has 0 bridgehead atoms. The number of aromatic nitrogens is 2. The van der Waals surface area contributed by atoms with Gasteiger partial charge in [0.2, 0.25) is 10.0 Å². The number of halogens is 3. The fourth-order valence-corrected chi connectivity index (χ4v) is 4.63. The summed E-state index contributed by atoms with van der Waals surface area (Å²) in [5, 5.41) is 3.28. The summed E-state index contributed by atoms with van der Waals surface area (Å²) >= 11 is 0. The summed E-state index contributed by atoms with van der Waals surface area (Å²) < 4.78 is 72.1. The molecule has 0 aromatic carbocycles. The van der Waals surface area contributed by atoms with Gasteiger partial charge in [-0.25, -0.2) is 8.42 Å². The molecule has 24 heavy (non-hydrogen) atoms. The lowest BCUT2D eigenvalue weighted by molar-refractivity contribution is -0.143. The summed E-state index contributed by atoms with van der Waals surface area (Å²) in [5.41, 5.74) is -1.36. The number of hydrogen-bond acceptors (Lipinski definition) is 4. The Bertz CT molecular complexity index is 690. The lowest BCUT2D eigenvalue weighted by Gasteiger charge is -2.35. The van der Waals surface area contributed by atoms with Crippen molar-refractivity contribution in [2.45, 2.75) is 55.4 Å². The van der Waals surface area contributed by atoms with Crippen LogP contribution in [0.25, 0.3) is 0 Å². The molecule has 1 saturated heterocycles. The molecule has 0 N–H and O–H groups in total. The van der Waals surface area contributed by atoms with Crippen LogP contribution in [0.4, 0.5) is 13.2 Å². The van der Waals surface area contributed by atoms with Crippen molar-refractivity contribution in [3.63, 3.8) is 0 Å². The minimum Gasteiger partial charge on any atom is -0.375 e. The second-order valence-electron chi connectivity index (χ2n) is 6.31. The molecule has 0 radical (unpaired) electrons. The average Bonchev–Trinajstić information content (AvgIpc) is 2.86. The van der Waals surface area contributed by atoms with Gasteiger partial charge in [-0.05, 0) is 32.1 Å². The highest BCUT2D eigenvalue weighted by Crippen LogP contribution is 2.35. The highest BCUT2D eigenvalue weighted by Gasteiger charge is 2.43. The molecule has 2 fully saturated rings. The van der Waals surface area contributed by atoms with Crippen molar-refractivity contribution in [3.8, 4) is 0 Å². The highest BCUT2D eigenvalue weighted by molar-refractivity contribution is 7.89. The summed E-state index contributed by atoms with van der Waals surface area (Å²) in [6.45, 7) is 0.317. The molecular weight excluding hydrogens is 347 g/mol. The smallest absolute Gasteiger partial charge is 0.375 e. The van der Waals surface area contributed by atoms with Crippen LogP contribution in [0.15, 0.2) is 11.1 Å². The summed E-state index contributed by atoms with van der Waals surface area (Å²) in [4.78, 5) is -0.782. The van der Waals surface area contributed by atoms with E-state index in [-0.39, 0.29) is 25.3 Å². The Morgan fingerprint density at radius 3 is 2.25 bits per heavy atom. The van der Waals surface area contributed by atoms with Crippen LogP contribution < -0.4 is 0 Å². The maximum Gasteiger partial charge on any atom is 0.436 e. The minimum absolute atomic E-state index is 0.0160. The molecule has 6 nitrogen and oxygen atoms in total. The van der Waals surface area contributed by atoms with E-state index in [0.717, 1.165) is 34.4 Å². The van der Waals surface area contributed by atoms with E-state index >= 15 is 0 Å². The predicted molar refractivity (Wildman–Crippen MR) is 78.7 cm³/mol. The van der Waals surface area contributed by atoms with Gasteiger partial charge in [0.05, 0.1) is 12.2 Å². The van der Waals surface area contributed by atoms with Gasteiger partial charge in [-0.2, -0.15) is 22.6 Å². The molecule has 1 aliphatic carbocycles. The summed E-state index contributed by atoms with van der Waals surface area (Å²) in [7, 11) is -2.95. The molecule has 3 rings (SSSR count). The van der Waals surface area contributed by atoms with Crippen molar-refractivity contribution in [2.75, 3.05) is 13.1 Å². The van der Waals surface area contributed by atoms with Gasteiger partial charge in [0.25, 0.3) is 0 Å². The normalized spacial score (nSPS) is 21.8. The van der Waals surface area contributed by atoms with Crippen molar-refractivity contribution < 1.29 is 26.3 Å². The third kappa shape index (κ3) is 3.45. The standard InChI is InChI=1S/C14H20F3N3O3S/c1-19-9-12(13(18-19)14(15,16)17)24(21,22)20-7-5-11(6-8-20)23-10-3-2-4-10/h9-11H,2-8H2,1H3. The Labute approximate surface area is 138 Å². The maximum atomic E-state index is 13.0. The highest BCUT2D eigenvalue weighted by atomic mass is 32.2. The molecule has 0 spiro atoms. The van der Waals surface area contributed by atoms with Crippen molar-refractivity contribution >= 4 is 10.0 Å². The van der Waals surface area contributed by atoms with Gasteiger partial charge in [-0.15, -0.1) is 0 Å². The van der Waals surface area contributed by atoms with Crippen molar-refractivity contribution in [2.24, 2.45) is 7.05 Å². The second-order valence-corrected chi connectivity index (χ2v) is 8.21. The predicted octanol–water partition coefficient (Wildman–Crippen LogP) is 2.16. The molecule has 10 heteroatoms. The summed E-state index contributed by atoms with van der Waals surface area (Å²) in [5.74, 6) is 0. The van der Waals surface area contributed by atoms with E-state index in [1.807, 2.05) is 0 Å². The van der Waals surface area contributed by atoms with E-state index in [9.17, 15) is 21.6 Å². The molecule has 2 heterocycles. The zero-order chi connectivity index (χ0) is 17.5. The van der Waals surface area contributed by atoms with E-state index in [2.05, 4.69) is 5.10 Å². The fraction of sp³-hybridized carbons (Fsp3) is 0.786. The van der Waals surface area contributed by atoms with Crippen molar-refractivity contribution in [3.05, 3.63) is 11.9 Å². The van der Waals surface area contributed by atoms with Gasteiger partial charge in [0.15, 0.2) is 5.69 Å². The molecule has 1 aromatic rings. The van der Waals surface area contributed by atoms with E-state index < -0.39 is 26.8 Å². The quantitative estimate of drug-likeness (QED) is 0.818. The average molecular weight is 367 g/mol. The van der Waals surface area contributed by atoms with Gasteiger partial charge in [-0.1, -0.05) is 0 Å².